The van der Waals surface area contributed by atoms with Crippen LogP contribution < -0.4 is 10.5 Å². The fraction of sp³-hybridized carbons (Fsp3) is 0.333. The van der Waals surface area contributed by atoms with Crippen LogP contribution in [0.1, 0.15) is 0 Å². The van der Waals surface area contributed by atoms with E-state index in [1.54, 1.807) is 0 Å². The quantitative estimate of drug-likeness (QED) is 0.403. The third-order valence-electron chi connectivity index (χ3n) is 1.97. The van der Waals surface area contributed by atoms with Gasteiger partial charge in [0, 0.05) is 17.8 Å². The highest BCUT2D eigenvalue weighted by Crippen LogP contribution is 2.37. The second kappa shape index (κ2) is 5.06. The van der Waals surface area contributed by atoms with Crippen molar-refractivity contribution >= 4 is 11.4 Å². The predicted molar refractivity (Wildman–Crippen MR) is 54.0 cm³/mol. The number of halogens is 6. The first-order valence-corrected chi connectivity index (χ1v) is 4.76. The monoisotopic (exact) mass is 304 g/mol. The van der Waals surface area contributed by atoms with E-state index in [0.29, 0.717) is 12.1 Å². The molecule has 20 heavy (non-hydrogen) atoms. The lowest BCUT2D eigenvalue weighted by atomic mass is 10.2. The summed E-state index contributed by atoms with van der Waals surface area (Å²) >= 11 is 0. The van der Waals surface area contributed by atoms with Crippen molar-refractivity contribution in [2.45, 2.75) is 18.5 Å². The van der Waals surface area contributed by atoms with Crippen LogP contribution in [0.5, 0.6) is 5.75 Å². The average molecular weight is 304 g/mol. The molecular formula is C9H6F6N2O3. The molecule has 0 unspecified atom stereocenters. The van der Waals surface area contributed by atoms with Gasteiger partial charge < -0.3 is 10.5 Å². The van der Waals surface area contributed by atoms with Gasteiger partial charge in [0.15, 0.2) is 0 Å². The molecule has 0 heterocycles. The number of alkyl halides is 6. The zero-order valence-electron chi connectivity index (χ0n) is 9.33. The lowest BCUT2D eigenvalue weighted by Crippen LogP contribution is -2.46. The van der Waals surface area contributed by atoms with Crippen LogP contribution in [0.15, 0.2) is 18.2 Å². The molecule has 1 aromatic rings. The molecule has 0 saturated carbocycles. The molecule has 0 aliphatic carbocycles. The molecule has 112 valence electrons. The van der Waals surface area contributed by atoms with Gasteiger partial charge in [-0.1, -0.05) is 0 Å². The minimum absolute atomic E-state index is 0.405. The van der Waals surface area contributed by atoms with Crippen molar-refractivity contribution in [2.75, 3.05) is 5.73 Å². The third kappa shape index (κ3) is 3.90. The zero-order valence-corrected chi connectivity index (χ0v) is 9.33. The van der Waals surface area contributed by atoms with Crippen LogP contribution >= 0.6 is 0 Å². The molecule has 0 aliphatic heterocycles. The minimum Gasteiger partial charge on any atom is -0.471 e. The Morgan fingerprint density at radius 3 is 2.00 bits per heavy atom. The van der Waals surface area contributed by atoms with Gasteiger partial charge in [-0.25, -0.2) is 0 Å². The van der Waals surface area contributed by atoms with E-state index in [9.17, 15) is 36.5 Å². The Bertz CT molecular complexity index is 499. The van der Waals surface area contributed by atoms with Gasteiger partial charge in [-0.15, -0.1) is 0 Å². The summed E-state index contributed by atoms with van der Waals surface area (Å²) in [4.78, 5) is 9.41. The molecule has 0 fully saturated rings. The van der Waals surface area contributed by atoms with Gasteiger partial charge >= 0.3 is 12.4 Å². The zero-order chi connectivity index (χ0) is 15.7. The number of nitrogens with zero attached hydrogens (tertiary/aromatic N) is 1. The SMILES string of the molecule is Nc1cc(OC(C(F)(F)F)C(F)(F)F)cc([N+](=O)[O-])c1. The molecule has 2 N–H and O–H groups in total. The maximum Gasteiger partial charge on any atom is 0.434 e. The van der Waals surface area contributed by atoms with Crippen LogP contribution in [0.4, 0.5) is 37.7 Å². The van der Waals surface area contributed by atoms with Crippen LogP contribution in [0.25, 0.3) is 0 Å². The highest BCUT2D eigenvalue weighted by Gasteiger charge is 2.59. The number of hydrogen-bond donors (Lipinski definition) is 1. The summed E-state index contributed by atoms with van der Waals surface area (Å²) in [6.45, 7) is 0. The average Bonchev–Trinajstić information content (AvgIpc) is 2.22. The maximum absolute atomic E-state index is 12.3. The lowest BCUT2D eigenvalue weighted by molar-refractivity contribution is -0.385. The first-order valence-electron chi connectivity index (χ1n) is 4.76. The summed E-state index contributed by atoms with van der Waals surface area (Å²) < 4.78 is 77.3. The van der Waals surface area contributed by atoms with E-state index in [-0.39, 0.29) is 0 Å². The Morgan fingerprint density at radius 1 is 1.10 bits per heavy atom. The molecule has 0 atom stereocenters. The van der Waals surface area contributed by atoms with Gasteiger partial charge in [-0.3, -0.25) is 10.1 Å². The first-order chi connectivity index (χ1) is 8.91. The number of rotatable bonds is 3. The molecule has 0 amide bonds. The van der Waals surface area contributed by atoms with Crippen molar-refractivity contribution < 1.29 is 36.0 Å². The summed E-state index contributed by atoms with van der Waals surface area (Å²) in [6.07, 6.45) is -15.5. The number of hydrogen-bond acceptors (Lipinski definition) is 4. The number of non-ortho nitro benzene ring substituents is 1. The van der Waals surface area contributed by atoms with Gasteiger partial charge in [0.2, 0.25) is 0 Å². The Labute approximate surface area is 107 Å². The fourth-order valence-electron chi connectivity index (χ4n) is 1.23. The third-order valence-corrected chi connectivity index (χ3v) is 1.97. The summed E-state index contributed by atoms with van der Waals surface area (Å²) in [5.74, 6) is -1.00. The molecule has 0 saturated heterocycles. The lowest BCUT2D eigenvalue weighted by Gasteiger charge is -2.23. The van der Waals surface area contributed by atoms with E-state index < -0.39 is 40.5 Å². The van der Waals surface area contributed by atoms with Crippen LogP contribution in [0.2, 0.25) is 0 Å². The van der Waals surface area contributed by atoms with Gasteiger partial charge in [0.1, 0.15) is 5.75 Å². The van der Waals surface area contributed by atoms with Crippen LogP contribution in [-0.4, -0.2) is 23.4 Å². The predicted octanol–water partition coefficient (Wildman–Crippen LogP) is 3.05. The molecule has 1 rings (SSSR count). The molecular weight excluding hydrogens is 298 g/mol. The van der Waals surface area contributed by atoms with Crippen LogP contribution in [-0.2, 0) is 0 Å². The maximum atomic E-state index is 12.3. The van der Waals surface area contributed by atoms with E-state index in [2.05, 4.69) is 4.74 Å². The molecule has 0 radical (unpaired) electrons. The smallest absolute Gasteiger partial charge is 0.434 e. The largest absolute Gasteiger partial charge is 0.471 e. The molecule has 0 bridgehead atoms. The van der Waals surface area contributed by atoms with Crippen molar-refractivity contribution in [3.8, 4) is 5.75 Å². The van der Waals surface area contributed by atoms with Gasteiger partial charge in [0.25, 0.3) is 11.8 Å². The van der Waals surface area contributed by atoms with Crippen LogP contribution in [0.3, 0.4) is 0 Å². The number of nitro groups is 1. The normalized spacial score (nSPS) is 12.6. The second-order valence-electron chi connectivity index (χ2n) is 3.60. The fourth-order valence-corrected chi connectivity index (χ4v) is 1.23. The van der Waals surface area contributed by atoms with Crippen LogP contribution in [0, 0.1) is 10.1 Å². The Hall–Kier alpha value is -2.20. The van der Waals surface area contributed by atoms with E-state index in [1.807, 2.05) is 0 Å². The number of ether oxygens (including phenoxy) is 1. The highest BCUT2D eigenvalue weighted by atomic mass is 19.4. The van der Waals surface area contributed by atoms with Crippen molar-refractivity contribution in [3.05, 3.63) is 28.3 Å². The van der Waals surface area contributed by atoms with Gasteiger partial charge in [-0.2, -0.15) is 26.3 Å². The standard InChI is InChI=1S/C9H6F6N2O3/c10-8(11,12)7(9(13,14)15)20-6-2-4(16)1-5(3-6)17(18)19/h1-3,7H,16H2. The molecule has 0 spiro atoms. The van der Waals surface area contributed by atoms with Crippen molar-refractivity contribution in [1.29, 1.82) is 0 Å². The molecule has 5 nitrogen and oxygen atoms in total. The topological polar surface area (TPSA) is 78.4 Å². The first kappa shape index (κ1) is 15.9. The van der Waals surface area contributed by atoms with Gasteiger partial charge in [0.05, 0.1) is 11.0 Å². The van der Waals surface area contributed by atoms with Crippen molar-refractivity contribution in [1.82, 2.24) is 0 Å². The number of anilines is 1. The summed E-state index contributed by atoms with van der Waals surface area (Å²) in [5.41, 5.74) is 3.95. The molecule has 11 heteroatoms. The number of benzene rings is 1. The van der Waals surface area contributed by atoms with E-state index in [1.165, 1.54) is 0 Å². The van der Waals surface area contributed by atoms with E-state index >= 15 is 0 Å². The number of nitro benzene ring substituents is 1. The Balaban J connectivity index is 3.15. The minimum atomic E-state index is -5.72. The van der Waals surface area contributed by atoms with E-state index in [0.717, 1.165) is 6.07 Å². The molecule has 0 aliphatic rings. The Morgan fingerprint density at radius 2 is 1.60 bits per heavy atom. The molecule has 0 aromatic heterocycles. The molecule has 1 aromatic carbocycles. The number of nitrogen functional groups attached to an aromatic ring is 1. The number of nitrogens with two attached hydrogens (primary N) is 1. The summed E-state index contributed by atoms with van der Waals surface area (Å²) in [7, 11) is 0. The summed E-state index contributed by atoms with van der Waals surface area (Å²) in [6, 6.07) is 1.81. The van der Waals surface area contributed by atoms with Crippen molar-refractivity contribution in [2.24, 2.45) is 0 Å². The second-order valence-corrected chi connectivity index (χ2v) is 3.60. The van der Waals surface area contributed by atoms with Gasteiger partial charge in [-0.05, 0) is 0 Å². The van der Waals surface area contributed by atoms with Crippen molar-refractivity contribution in [3.63, 3.8) is 0 Å². The highest BCUT2D eigenvalue weighted by molar-refractivity contribution is 5.53. The summed E-state index contributed by atoms with van der Waals surface area (Å²) in [5, 5.41) is 10.4. The van der Waals surface area contributed by atoms with E-state index in [4.69, 9.17) is 5.73 Å². The Kier molecular flexibility index (Phi) is 4.01.